The van der Waals surface area contributed by atoms with E-state index in [1.807, 2.05) is 0 Å². The molecule has 114 valence electrons. The first-order valence-corrected chi connectivity index (χ1v) is 6.63. The molecule has 3 N–H and O–H groups in total. The Balaban J connectivity index is 1.80. The van der Waals surface area contributed by atoms with Crippen LogP contribution < -0.4 is 10.6 Å². The average molecular weight is 302 g/mol. The van der Waals surface area contributed by atoms with Crippen LogP contribution in [0, 0.1) is 5.82 Å². The van der Waals surface area contributed by atoms with Crippen LogP contribution in [-0.2, 0) is 13.1 Å². The smallest absolute Gasteiger partial charge is 0.335 e. The van der Waals surface area contributed by atoms with Crippen LogP contribution in [0.5, 0.6) is 0 Å². The van der Waals surface area contributed by atoms with Crippen molar-refractivity contribution in [2.75, 3.05) is 0 Å². The van der Waals surface area contributed by atoms with Crippen molar-refractivity contribution in [3.05, 3.63) is 71.0 Å². The first kappa shape index (κ1) is 15.5. The standard InChI is InChI=1S/C16H15FN2O3/c17-14-4-2-1-3-13(14)10-19-16(22)18-9-11-5-7-12(8-6-11)15(20)21/h1-8H,9-10H2,(H,20,21)(H2,18,19,22). The SMILES string of the molecule is O=C(NCc1ccc(C(=O)O)cc1)NCc1ccccc1F. The van der Waals surface area contributed by atoms with E-state index >= 15 is 0 Å². The van der Waals surface area contributed by atoms with Gasteiger partial charge in [0, 0.05) is 18.7 Å². The fourth-order valence-corrected chi connectivity index (χ4v) is 1.83. The predicted octanol–water partition coefficient (Wildman–Crippen LogP) is 2.52. The van der Waals surface area contributed by atoms with Gasteiger partial charge in [-0.15, -0.1) is 0 Å². The van der Waals surface area contributed by atoms with Crippen molar-refractivity contribution in [1.29, 1.82) is 0 Å². The van der Waals surface area contributed by atoms with E-state index in [1.165, 1.54) is 18.2 Å². The number of halogens is 1. The van der Waals surface area contributed by atoms with E-state index < -0.39 is 12.0 Å². The molecule has 0 saturated carbocycles. The van der Waals surface area contributed by atoms with Crippen molar-refractivity contribution in [3.63, 3.8) is 0 Å². The van der Waals surface area contributed by atoms with Gasteiger partial charge in [-0.3, -0.25) is 0 Å². The third kappa shape index (κ3) is 4.31. The minimum Gasteiger partial charge on any atom is -0.478 e. The van der Waals surface area contributed by atoms with Crippen molar-refractivity contribution in [3.8, 4) is 0 Å². The molecule has 0 aliphatic carbocycles. The second kappa shape index (κ2) is 7.21. The molecule has 0 saturated heterocycles. The molecule has 2 amide bonds. The molecule has 0 atom stereocenters. The van der Waals surface area contributed by atoms with Gasteiger partial charge in [-0.1, -0.05) is 30.3 Å². The van der Waals surface area contributed by atoms with Crippen LogP contribution in [0.25, 0.3) is 0 Å². The number of carboxylic acid groups (broad SMARTS) is 1. The summed E-state index contributed by atoms with van der Waals surface area (Å²) in [5.74, 6) is -1.37. The molecule has 0 bridgehead atoms. The Morgan fingerprint density at radius 3 is 2.23 bits per heavy atom. The predicted molar refractivity (Wildman–Crippen MR) is 78.9 cm³/mol. The number of amides is 2. The molecule has 0 radical (unpaired) electrons. The Labute approximate surface area is 126 Å². The zero-order valence-corrected chi connectivity index (χ0v) is 11.7. The van der Waals surface area contributed by atoms with Gasteiger partial charge in [0.15, 0.2) is 0 Å². The quantitative estimate of drug-likeness (QED) is 0.794. The third-order valence-corrected chi connectivity index (χ3v) is 3.05. The first-order chi connectivity index (χ1) is 10.6. The Hall–Kier alpha value is -2.89. The number of benzene rings is 2. The van der Waals surface area contributed by atoms with E-state index in [0.29, 0.717) is 5.56 Å². The van der Waals surface area contributed by atoms with Crippen LogP contribution in [0.1, 0.15) is 21.5 Å². The molecule has 0 aromatic heterocycles. The summed E-state index contributed by atoms with van der Waals surface area (Å²) in [5.41, 5.74) is 1.36. The lowest BCUT2D eigenvalue weighted by Gasteiger charge is -2.08. The molecule has 5 nitrogen and oxygen atoms in total. The summed E-state index contributed by atoms with van der Waals surface area (Å²) >= 11 is 0. The highest BCUT2D eigenvalue weighted by Crippen LogP contribution is 2.06. The lowest BCUT2D eigenvalue weighted by molar-refractivity contribution is 0.0697. The molecule has 0 spiro atoms. The van der Waals surface area contributed by atoms with Gasteiger partial charge in [0.1, 0.15) is 5.82 Å². The maximum atomic E-state index is 13.4. The topological polar surface area (TPSA) is 78.4 Å². The van der Waals surface area contributed by atoms with E-state index in [2.05, 4.69) is 10.6 Å². The summed E-state index contributed by atoms with van der Waals surface area (Å²) in [6, 6.07) is 12.0. The highest BCUT2D eigenvalue weighted by Gasteiger charge is 2.05. The molecular formula is C16H15FN2O3. The molecule has 0 unspecified atom stereocenters. The third-order valence-electron chi connectivity index (χ3n) is 3.05. The summed E-state index contributed by atoms with van der Waals surface area (Å²) in [4.78, 5) is 22.4. The molecule has 0 aliphatic rings. The molecule has 0 fully saturated rings. The Bertz CT molecular complexity index is 671. The van der Waals surface area contributed by atoms with Crippen LogP contribution in [0.15, 0.2) is 48.5 Å². The molecule has 22 heavy (non-hydrogen) atoms. The maximum Gasteiger partial charge on any atom is 0.335 e. The van der Waals surface area contributed by atoms with Crippen molar-refractivity contribution < 1.29 is 19.1 Å². The first-order valence-electron chi connectivity index (χ1n) is 6.63. The fourth-order valence-electron chi connectivity index (χ4n) is 1.83. The summed E-state index contributed by atoms with van der Waals surface area (Å²) in [5, 5.41) is 14.0. The summed E-state index contributed by atoms with van der Waals surface area (Å²) < 4.78 is 13.4. The highest BCUT2D eigenvalue weighted by atomic mass is 19.1. The monoisotopic (exact) mass is 302 g/mol. The second-order valence-electron chi connectivity index (χ2n) is 4.63. The summed E-state index contributed by atoms with van der Waals surface area (Å²) in [6.45, 7) is 0.347. The number of hydrogen-bond donors (Lipinski definition) is 3. The molecule has 2 aromatic carbocycles. The van der Waals surface area contributed by atoms with Gasteiger partial charge >= 0.3 is 12.0 Å². The minimum atomic E-state index is -0.998. The lowest BCUT2D eigenvalue weighted by Crippen LogP contribution is -2.34. The van der Waals surface area contributed by atoms with Crippen molar-refractivity contribution in [2.24, 2.45) is 0 Å². The molecule has 0 heterocycles. The zero-order chi connectivity index (χ0) is 15.9. The molecule has 2 aromatic rings. The van der Waals surface area contributed by atoms with E-state index in [9.17, 15) is 14.0 Å². The van der Waals surface area contributed by atoms with Crippen LogP contribution in [0.4, 0.5) is 9.18 Å². The van der Waals surface area contributed by atoms with Crippen molar-refractivity contribution >= 4 is 12.0 Å². The number of urea groups is 1. The zero-order valence-electron chi connectivity index (χ0n) is 11.7. The fraction of sp³-hybridized carbons (Fsp3) is 0.125. The van der Waals surface area contributed by atoms with E-state index in [0.717, 1.165) is 5.56 Å². The van der Waals surface area contributed by atoms with Gasteiger partial charge in [0.2, 0.25) is 0 Å². The van der Waals surface area contributed by atoms with Gasteiger partial charge in [0.25, 0.3) is 0 Å². The van der Waals surface area contributed by atoms with E-state index in [4.69, 9.17) is 5.11 Å². The summed E-state index contributed by atoms with van der Waals surface area (Å²) in [6.07, 6.45) is 0. The van der Waals surface area contributed by atoms with Crippen LogP contribution in [-0.4, -0.2) is 17.1 Å². The minimum absolute atomic E-state index is 0.0937. The second-order valence-corrected chi connectivity index (χ2v) is 4.63. The number of aromatic carboxylic acids is 1. The number of carbonyl (C=O) groups excluding carboxylic acids is 1. The Morgan fingerprint density at radius 1 is 0.955 bits per heavy atom. The number of rotatable bonds is 5. The summed E-state index contributed by atoms with van der Waals surface area (Å²) in [7, 11) is 0. The van der Waals surface area contributed by atoms with Crippen LogP contribution >= 0.6 is 0 Å². The van der Waals surface area contributed by atoms with Crippen molar-refractivity contribution in [2.45, 2.75) is 13.1 Å². The Morgan fingerprint density at radius 2 is 1.59 bits per heavy atom. The molecular weight excluding hydrogens is 287 g/mol. The van der Waals surface area contributed by atoms with E-state index in [1.54, 1.807) is 30.3 Å². The van der Waals surface area contributed by atoms with Gasteiger partial charge in [-0.05, 0) is 23.8 Å². The number of carbonyl (C=O) groups is 2. The number of hydrogen-bond acceptors (Lipinski definition) is 2. The van der Waals surface area contributed by atoms with Gasteiger partial charge in [-0.25, -0.2) is 14.0 Å². The van der Waals surface area contributed by atoms with Gasteiger partial charge in [0.05, 0.1) is 5.56 Å². The normalized spacial score (nSPS) is 10.0. The number of carboxylic acids is 1. The Kier molecular flexibility index (Phi) is 5.08. The van der Waals surface area contributed by atoms with Gasteiger partial charge in [-0.2, -0.15) is 0 Å². The highest BCUT2D eigenvalue weighted by molar-refractivity contribution is 5.87. The maximum absolute atomic E-state index is 13.4. The van der Waals surface area contributed by atoms with Crippen LogP contribution in [0.2, 0.25) is 0 Å². The number of nitrogens with one attached hydrogen (secondary N) is 2. The van der Waals surface area contributed by atoms with E-state index in [-0.39, 0.29) is 24.5 Å². The van der Waals surface area contributed by atoms with Gasteiger partial charge < -0.3 is 15.7 Å². The average Bonchev–Trinajstić information content (AvgIpc) is 2.52. The molecule has 6 heteroatoms. The largest absolute Gasteiger partial charge is 0.478 e. The van der Waals surface area contributed by atoms with Crippen LogP contribution in [0.3, 0.4) is 0 Å². The lowest BCUT2D eigenvalue weighted by atomic mass is 10.1. The molecule has 0 aliphatic heterocycles. The molecule has 2 rings (SSSR count). The van der Waals surface area contributed by atoms with Crippen molar-refractivity contribution in [1.82, 2.24) is 10.6 Å².